The molecule has 1 atom stereocenters. The average molecular weight is 304 g/mol. The Hall–Kier alpha value is -0.690. The van der Waals surface area contributed by atoms with Crippen LogP contribution in [0.4, 0.5) is 22.0 Å². The minimum absolute atomic E-state index is 0.478. The number of halogens is 6. The maximum absolute atomic E-state index is 13.0. The van der Waals surface area contributed by atoms with Crippen molar-refractivity contribution in [3.63, 3.8) is 0 Å². The lowest BCUT2D eigenvalue weighted by atomic mass is 10.1. The van der Waals surface area contributed by atoms with Crippen molar-refractivity contribution < 1.29 is 22.0 Å². The van der Waals surface area contributed by atoms with E-state index in [2.05, 4.69) is 15.9 Å². The van der Waals surface area contributed by atoms with Crippen molar-refractivity contribution in [3.8, 4) is 0 Å². The van der Waals surface area contributed by atoms with Crippen LogP contribution in [0.3, 0.4) is 0 Å². The molecule has 1 nitrogen and oxygen atoms in total. The van der Waals surface area contributed by atoms with Gasteiger partial charge in [-0.25, -0.2) is 8.78 Å². The average Bonchev–Trinajstić information content (AvgIpc) is 2.12. The van der Waals surface area contributed by atoms with Crippen LogP contribution >= 0.6 is 15.9 Å². The Balaban J connectivity index is 3.22. The van der Waals surface area contributed by atoms with Crippen LogP contribution < -0.4 is 5.32 Å². The van der Waals surface area contributed by atoms with Gasteiger partial charge in [-0.05, 0) is 40.7 Å². The van der Waals surface area contributed by atoms with E-state index in [9.17, 15) is 22.0 Å². The van der Waals surface area contributed by atoms with Crippen molar-refractivity contribution in [2.45, 2.75) is 12.2 Å². The molecule has 0 aliphatic carbocycles. The van der Waals surface area contributed by atoms with Crippen LogP contribution in [0.5, 0.6) is 0 Å². The first kappa shape index (κ1) is 13.4. The van der Waals surface area contributed by atoms with Gasteiger partial charge in [0.25, 0.3) is 0 Å². The molecule has 16 heavy (non-hydrogen) atoms. The van der Waals surface area contributed by atoms with Gasteiger partial charge < -0.3 is 5.32 Å². The molecule has 0 aliphatic heterocycles. The molecule has 0 aliphatic rings. The van der Waals surface area contributed by atoms with Crippen molar-refractivity contribution in [1.82, 2.24) is 5.32 Å². The van der Waals surface area contributed by atoms with Gasteiger partial charge >= 0.3 is 6.18 Å². The number of hydrogen-bond acceptors (Lipinski definition) is 1. The molecule has 0 spiro atoms. The minimum atomic E-state index is -4.61. The number of hydrogen-bond donors (Lipinski definition) is 1. The van der Waals surface area contributed by atoms with Gasteiger partial charge in [0.15, 0.2) is 0 Å². The summed E-state index contributed by atoms with van der Waals surface area (Å²) in [7, 11) is 1.07. The standard InChI is InChI=1S/C9H7BrF5N/c1-16-8(9(13,14)15)4-2-5(11)7(10)6(12)3-4/h2-3,8,16H,1H3/t8-/m0/s1. The van der Waals surface area contributed by atoms with E-state index in [1.165, 1.54) is 0 Å². The van der Waals surface area contributed by atoms with Crippen molar-refractivity contribution >= 4 is 15.9 Å². The largest absolute Gasteiger partial charge is 0.407 e. The van der Waals surface area contributed by atoms with Gasteiger partial charge in [0.2, 0.25) is 0 Å². The van der Waals surface area contributed by atoms with Crippen molar-refractivity contribution in [2.75, 3.05) is 7.05 Å². The third kappa shape index (κ3) is 2.70. The molecule has 0 aromatic heterocycles. The Bertz CT molecular complexity index is 367. The second kappa shape index (κ2) is 4.67. The summed E-state index contributed by atoms with van der Waals surface area (Å²) in [6.07, 6.45) is -4.61. The molecule has 0 saturated heterocycles. The zero-order chi connectivity index (χ0) is 12.5. The van der Waals surface area contributed by atoms with E-state index in [-0.39, 0.29) is 0 Å². The highest BCUT2D eigenvalue weighted by Gasteiger charge is 2.40. The summed E-state index contributed by atoms with van der Waals surface area (Å²) in [6.45, 7) is 0. The van der Waals surface area contributed by atoms with E-state index in [4.69, 9.17) is 0 Å². The first-order chi connectivity index (χ1) is 7.27. The molecular formula is C9H7BrF5N. The molecule has 1 aromatic carbocycles. The summed E-state index contributed by atoms with van der Waals surface area (Å²) >= 11 is 2.58. The van der Waals surface area contributed by atoms with Crippen molar-refractivity contribution in [2.24, 2.45) is 0 Å². The van der Waals surface area contributed by atoms with Crippen LogP contribution in [-0.4, -0.2) is 13.2 Å². The van der Waals surface area contributed by atoms with Crippen LogP contribution in [0, 0.1) is 11.6 Å². The normalized spacial score (nSPS) is 13.9. The summed E-state index contributed by atoms with van der Waals surface area (Å²) in [5.74, 6) is -2.14. The van der Waals surface area contributed by atoms with Crippen LogP contribution in [0.1, 0.15) is 11.6 Å². The lowest BCUT2D eigenvalue weighted by Crippen LogP contribution is -2.31. The third-order valence-corrected chi connectivity index (χ3v) is 2.71. The first-order valence-corrected chi connectivity index (χ1v) is 4.95. The Morgan fingerprint density at radius 3 is 1.94 bits per heavy atom. The molecule has 7 heteroatoms. The Morgan fingerprint density at radius 1 is 1.19 bits per heavy atom. The molecule has 0 heterocycles. The van der Waals surface area contributed by atoms with E-state index >= 15 is 0 Å². The van der Waals surface area contributed by atoms with Crippen molar-refractivity contribution in [1.29, 1.82) is 0 Å². The predicted octanol–water partition coefficient (Wildman–Crippen LogP) is 3.55. The van der Waals surface area contributed by atoms with E-state index in [0.29, 0.717) is 12.1 Å². The number of benzene rings is 1. The molecular weight excluding hydrogens is 297 g/mol. The van der Waals surface area contributed by atoms with Gasteiger partial charge in [-0.3, -0.25) is 0 Å². The van der Waals surface area contributed by atoms with Gasteiger partial charge in [0, 0.05) is 0 Å². The summed E-state index contributed by atoms with van der Waals surface area (Å²) in [5.41, 5.74) is -0.506. The highest BCUT2D eigenvalue weighted by Crippen LogP contribution is 2.34. The van der Waals surface area contributed by atoms with Crippen molar-refractivity contribution in [3.05, 3.63) is 33.8 Å². The Morgan fingerprint density at radius 2 is 1.62 bits per heavy atom. The fourth-order valence-corrected chi connectivity index (χ4v) is 1.49. The Labute approximate surface area is 96.8 Å². The van der Waals surface area contributed by atoms with Gasteiger partial charge in [-0.1, -0.05) is 0 Å². The maximum Gasteiger partial charge on any atom is 0.407 e. The molecule has 0 unspecified atom stereocenters. The molecule has 0 saturated carbocycles. The van der Waals surface area contributed by atoms with Gasteiger partial charge in [-0.2, -0.15) is 13.2 Å². The fourth-order valence-electron chi connectivity index (χ4n) is 1.26. The fraction of sp³-hybridized carbons (Fsp3) is 0.333. The maximum atomic E-state index is 13.0. The Kier molecular flexibility index (Phi) is 3.90. The quantitative estimate of drug-likeness (QED) is 0.651. The molecule has 1 N–H and O–H groups in total. The van der Waals surface area contributed by atoms with Gasteiger partial charge in [-0.15, -0.1) is 0 Å². The summed E-state index contributed by atoms with van der Waals surface area (Å²) in [6, 6.07) is -0.812. The lowest BCUT2D eigenvalue weighted by molar-refractivity contribution is -0.156. The highest BCUT2D eigenvalue weighted by molar-refractivity contribution is 9.10. The molecule has 0 fully saturated rings. The smallest absolute Gasteiger partial charge is 0.306 e. The van der Waals surface area contributed by atoms with Gasteiger partial charge in [0.05, 0.1) is 4.47 Å². The third-order valence-electron chi connectivity index (χ3n) is 1.96. The molecule has 0 bridgehead atoms. The molecule has 1 aromatic rings. The van der Waals surface area contributed by atoms with Crippen LogP contribution in [0.2, 0.25) is 0 Å². The second-order valence-electron chi connectivity index (χ2n) is 3.06. The van der Waals surface area contributed by atoms with Gasteiger partial charge in [0.1, 0.15) is 17.7 Å². The molecule has 0 radical (unpaired) electrons. The summed E-state index contributed by atoms with van der Waals surface area (Å²) in [5, 5.41) is 1.96. The van der Waals surface area contributed by atoms with Crippen LogP contribution in [0.25, 0.3) is 0 Å². The highest BCUT2D eigenvalue weighted by atomic mass is 79.9. The van der Waals surface area contributed by atoms with Crippen LogP contribution in [0.15, 0.2) is 16.6 Å². The summed E-state index contributed by atoms with van der Waals surface area (Å²) in [4.78, 5) is 0. The van der Waals surface area contributed by atoms with E-state index in [0.717, 1.165) is 7.05 Å². The first-order valence-electron chi connectivity index (χ1n) is 4.15. The van der Waals surface area contributed by atoms with Crippen LogP contribution in [-0.2, 0) is 0 Å². The monoisotopic (exact) mass is 303 g/mol. The SMILES string of the molecule is CN[C@@H](c1cc(F)c(Br)c(F)c1)C(F)(F)F. The predicted molar refractivity (Wildman–Crippen MR) is 51.9 cm³/mol. The minimum Gasteiger partial charge on any atom is -0.306 e. The zero-order valence-electron chi connectivity index (χ0n) is 8.00. The summed E-state index contributed by atoms with van der Waals surface area (Å²) < 4.78 is 63.0. The van der Waals surface area contributed by atoms with E-state index in [1.54, 1.807) is 0 Å². The number of rotatable bonds is 2. The second-order valence-corrected chi connectivity index (χ2v) is 3.85. The number of nitrogens with one attached hydrogen (secondary N) is 1. The zero-order valence-corrected chi connectivity index (χ0v) is 9.59. The number of alkyl halides is 3. The lowest BCUT2D eigenvalue weighted by Gasteiger charge is -2.20. The topological polar surface area (TPSA) is 12.0 Å². The molecule has 1 rings (SSSR count). The van der Waals surface area contributed by atoms with E-state index < -0.39 is 33.9 Å². The molecule has 0 amide bonds. The van der Waals surface area contributed by atoms with E-state index in [1.807, 2.05) is 5.32 Å². The molecule has 90 valence electrons.